The Bertz CT molecular complexity index is 281. The van der Waals surface area contributed by atoms with Crippen LogP contribution in [0.4, 0.5) is 0 Å². The molecule has 0 aromatic carbocycles. The minimum absolute atomic E-state index is 1.39. The van der Waals surface area contributed by atoms with Crippen LogP contribution in [0.1, 0.15) is 182 Å². The second-order valence-corrected chi connectivity index (χ2v) is 23.9. The third-order valence-electron chi connectivity index (χ3n) is 8.24. The van der Waals surface area contributed by atoms with Crippen LogP contribution in [0.15, 0.2) is 0 Å². The van der Waals surface area contributed by atoms with Gasteiger partial charge in [-0.15, -0.1) is 0 Å². The molecule has 0 spiro atoms. The van der Waals surface area contributed by atoms with Gasteiger partial charge in [0.25, 0.3) is 0 Å². The summed E-state index contributed by atoms with van der Waals surface area (Å²) >= 11 is -1.97. The van der Waals surface area contributed by atoms with E-state index in [4.69, 9.17) is 0 Å². The molecule has 1 heteroatoms. The first-order valence-corrected chi connectivity index (χ1v) is 23.2. The molecule has 0 aromatic rings. The molecule has 0 amide bonds. The van der Waals surface area contributed by atoms with Crippen molar-refractivity contribution in [2.45, 2.75) is 198 Å². The van der Waals surface area contributed by atoms with Crippen LogP contribution >= 0.6 is 0 Å². The quantitative estimate of drug-likeness (QED) is 0.0860. The van der Waals surface area contributed by atoms with Crippen molar-refractivity contribution in [3.8, 4) is 0 Å². The predicted molar refractivity (Wildman–Crippen MR) is 153 cm³/mol. The fourth-order valence-electron chi connectivity index (χ4n) is 5.87. The number of hydrogen-bond acceptors (Lipinski definition) is 0. The molecule has 0 aliphatic carbocycles. The van der Waals surface area contributed by atoms with Gasteiger partial charge in [-0.05, 0) is 0 Å². The monoisotopic (exact) mass is 542 g/mol. The first-order chi connectivity index (χ1) is 16.2. The van der Waals surface area contributed by atoms with Crippen LogP contribution in [0, 0.1) is 0 Å². The standard InChI is InChI=1S/4C8H17.Zr/c4*1-3-5-7-8-6-4-2;/h4*1,3-8H2,2H3;. The van der Waals surface area contributed by atoms with Crippen LogP contribution in [0.2, 0.25) is 16.5 Å². The van der Waals surface area contributed by atoms with Gasteiger partial charge >= 0.3 is 219 Å². The van der Waals surface area contributed by atoms with E-state index in [9.17, 15) is 0 Å². The van der Waals surface area contributed by atoms with Gasteiger partial charge in [0.05, 0.1) is 0 Å². The van der Waals surface area contributed by atoms with Crippen molar-refractivity contribution in [1.82, 2.24) is 0 Å². The SMILES string of the molecule is CCCCCCC[CH2][Zr]([CH2]CCCCCCC)([CH2]CCCCCCC)[CH2]CCCCCCC. The summed E-state index contributed by atoms with van der Waals surface area (Å²) in [6.07, 6.45) is 36.0. The van der Waals surface area contributed by atoms with E-state index < -0.39 is 20.3 Å². The van der Waals surface area contributed by atoms with Gasteiger partial charge in [0, 0.05) is 0 Å². The molecule has 0 atom stereocenters. The Kier molecular flexibility index (Phi) is 28.2. The summed E-state index contributed by atoms with van der Waals surface area (Å²) in [6.45, 7) is 9.40. The number of hydrogen-bond donors (Lipinski definition) is 0. The van der Waals surface area contributed by atoms with E-state index in [1.165, 1.54) is 103 Å². The van der Waals surface area contributed by atoms with Gasteiger partial charge in [-0.1, -0.05) is 0 Å². The zero-order valence-electron chi connectivity index (χ0n) is 24.3. The molecule has 0 nitrogen and oxygen atoms in total. The molecular formula is C32H68Zr. The van der Waals surface area contributed by atoms with E-state index in [-0.39, 0.29) is 0 Å². The molecule has 0 aliphatic heterocycles. The third kappa shape index (κ3) is 23.1. The van der Waals surface area contributed by atoms with Crippen LogP contribution < -0.4 is 0 Å². The van der Waals surface area contributed by atoms with Crippen molar-refractivity contribution in [3.63, 3.8) is 0 Å². The Morgan fingerprint density at radius 1 is 0.242 bits per heavy atom. The number of rotatable bonds is 28. The van der Waals surface area contributed by atoms with Gasteiger partial charge in [-0.25, -0.2) is 0 Å². The zero-order chi connectivity index (χ0) is 24.3. The molecule has 0 fully saturated rings. The molecular weight excluding hydrogens is 476 g/mol. The first-order valence-electron chi connectivity index (χ1n) is 16.2. The van der Waals surface area contributed by atoms with Crippen LogP contribution in [0.3, 0.4) is 0 Å². The summed E-state index contributed by atoms with van der Waals surface area (Å²) in [6, 6.07) is 0. The van der Waals surface area contributed by atoms with Crippen molar-refractivity contribution in [1.29, 1.82) is 0 Å². The topological polar surface area (TPSA) is 0 Å². The molecule has 0 saturated carbocycles. The molecule has 0 rings (SSSR count). The molecule has 0 N–H and O–H groups in total. The second-order valence-electron chi connectivity index (χ2n) is 11.6. The summed E-state index contributed by atoms with van der Waals surface area (Å²) in [5.41, 5.74) is 0. The van der Waals surface area contributed by atoms with Gasteiger partial charge in [0.15, 0.2) is 0 Å². The summed E-state index contributed by atoms with van der Waals surface area (Å²) in [4.78, 5) is 0. The minimum atomic E-state index is -1.97. The van der Waals surface area contributed by atoms with Crippen molar-refractivity contribution >= 4 is 0 Å². The normalized spacial score (nSPS) is 12.0. The first kappa shape index (κ1) is 33.9. The van der Waals surface area contributed by atoms with Crippen molar-refractivity contribution in [2.75, 3.05) is 0 Å². The Balaban J connectivity index is 4.74. The van der Waals surface area contributed by atoms with Gasteiger partial charge < -0.3 is 0 Å². The Morgan fingerprint density at radius 2 is 0.424 bits per heavy atom. The zero-order valence-corrected chi connectivity index (χ0v) is 26.8. The van der Waals surface area contributed by atoms with Crippen LogP contribution in [0.25, 0.3) is 0 Å². The average molecular weight is 544 g/mol. The maximum absolute atomic E-state index is 2.35. The number of unbranched alkanes of at least 4 members (excludes halogenated alkanes) is 20. The van der Waals surface area contributed by atoms with E-state index in [1.807, 2.05) is 0 Å². The fraction of sp³-hybridized carbons (Fsp3) is 1.00. The van der Waals surface area contributed by atoms with Crippen molar-refractivity contribution in [3.05, 3.63) is 0 Å². The maximum atomic E-state index is 2.35. The summed E-state index contributed by atoms with van der Waals surface area (Å²) in [5.74, 6) is 0. The van der Waals surface area contributed by atoms with E-state index >= 15 is 0 Å². The molecule has 0 heterocycles. The molecule has 200 valence electrons. The van der Waals surface area contributed by atoms with E-state index in [0.717, 1.165) is 0 Å². The molecule has 0 aromatic heterocycles. The van der Waals surface area contributed by atoms with E-state index in [0.29, 0.717) is 0 Å². The van der Waals surface area contributed by atoms with Crippen LogP contribution in [0.5, 0.6) is 0 Å². The fourth-order valence-corrected chi connectivity index (χ4v) is 19.4. The van der Waals surface area contributed by atoms with Crippen molar-refractivity contribution < 1.29 is 20.3 Å². The average Bonchev–Trinajstić information content (AvgIpc) is 2.83. The van der Waals surface area contributed by atoms with E-state index in [2.05, 4.69) is 27.7 Å². The Labute approximate surface area is 217 Å². The molecule has 33 heavy (non-hydrogen) atoms. The van der Waals surface area contributed by atoms with E-state index in [1.54, 1.807) is 67.9 Å². The summed E-state index contributed by atoms with van der Waals surface area (Å²) < 4.78 is 7.00. The molecule has 0 radical (unpaired) electrons. The van der Waals surface area contributed by atoms with Crippen molar-refractivity contribution in [2.24, 2.45) is 0 Å². The Hall–Kier alpha value is 0.883. The molecule has 0 bridgehead atoms. The van der Waals surface area contributed by atoms with Gasteiger partial charge in [-0.3, -0.25) is 0 Å². The molecule has 0 unspecified atom stereocenters. The van der Waals surface area contributed by atoms with Crippen LogP contribution in [-0.2, 0) is 20.3 Å². The van der Waals surface area contributed by atoms with Crippen LogP contribution in [-0.4, -0.2) is 0 Å². The Morgan fingerprint density at radius 3 is 0.636 bits per heavy atom. The third-order valence-corrected chi connectivity index (χ3v) is 22.1. The molecule has 0 saturated heterocycles. The predicted octanol–water partition coefficient (Wildman–Crippen LogP) is 13.3. The van der Waals surface area contributed by atoms with Gasteiger partial charge in [0.1, 0.15) is 0 Å². The summed E-state index contributed by atoms with van der Waals surface area (Å²) in [5, 5.41) is 0. The van der Waals surface area contributed by atoms with Gasteiger partial charge in [-0.2, -0.15) is 0 Å². The second kappa shape index (κ2) is 27.5. The summed E-state index contributed by atoms with van der Waals surface area (Å²) in [7, 11) is 0. The van der Waals surface area contributed by atoms with Gasteiger partial charge in [0.2, 0.25) is 0 Å². The molecule has 0 aliphatic rings.